The van der Waals surface area contributed by atoms with E-state index in [1.165, 1.54) is 6.33 Å². The van der Waals surface area contributed by atoms with Crippen molar-refractivity contribution in [3.63, 3.8) is 0 Å². The summed E-state index contributed by atoms with van der Waals surface area (Å²) in [6, 6.07) is 0. The molecule has 2 aromatic rings. The molecule has 0 bridgehead atoms. The predicted octanol–water partition coefficient (Wildman–Crippen LogP) is -1.20. The van der Waals surface area contributed by atoms with Crippen LogP contribution in [-0.2, 0) is 4.74 Å². The number of nitrogens with one attached hydrogen (secondary N) is 2. The van der Waals surface area contributed by atoms with E-state index in [1.54, 1.807) is 11.6 Å². The number of aliphatic hydroxyl groups excluding tert-OH is 2. The zero-order chi connectivity index (χ0) is 15.0. The number of hydrogen-bond acceptors (Lipinski definition) is 7. The van der Waals surface area contributed by atoms with Crippen LogP contribution in [0, 0.1) is 0 Å². The third-order valence-corrected chi connectivity index (χ3v) is 3.35. The Labute approximate surface area is 114 Å². The molecule has 0 aliphatic carbocycles. The monoisotopic (exact) mass is 282 g/mol. The summed E-state index contributed by atoms with van der Waals surface area (Å²) < 4.78 is 14.0. The molecule has 1 aliphatic heterocycles. The van der Waals surface area contributed by atoms with Gasteiger partial charge in [-0.15, -0.1) is 0 Å². The standard InChI is InChI=1S/C11H15N5O4/c1-12-11-14-9-8(10(19)15-11)13-4-16(9)7-2-5(18)6(3-17)20-7/h4-7,17-18H,2-3H2,1H3,(H2,12,14,15,19)/t5?,6-,7-/m1/s1/i17D. The molecule has 108 valence electrons. The molecular weight excluding hydrogens is 266 g/mol. The van der Waals surface area contributed by atoms with Crippen molar-refractivity contribution in [3.8, 4) is 0 Å². The maximum absolute atomic E-state index is 11.9. The molecule has 0 spiro atoms. The third-order valence-electron chi connectivity index (χ3n) is 3.35. The third kappa shape index (κ3) is 1.96. The number of anilines is 1. The largest absolute Gasteiger partial charge is 0.394 e. The summed E-state index contributed by atoms with van der Waals surface area (Å²) in [5.74, 6) is 0.318. The minimum Gasteiger partial charge on any atom is -0.394 e. The lowest BCUT2D eigenvalue weighted by Crippen LogP contribution is -2.24. The van der Waals surface area contributed by atoms with Gasteiger partial charge >= 0.3 is 0 Å². The van der Waals surface area contributed by atoms with E-state index in [4.69, 9.17) is 6.17 Å². The minimum atomic E-state index is -0.747. The zero-order valence-electron chi connectivity index (χ0n) is 11.7. The van der Waals surface area contributed by atoms with Gasteiger partial charge in [0, 0.05) is 13.5 Å². The highest BCUT2D eigenvalue weighted by molar-refractivity contribution is 5.70. The number of hydrogen-bond donors (Lipinski definition) is 4. The summed E-state index contributed by atoms with van der Waals surface area (Å²) in [5, 5.41) is 16.9. The number of aromatic nitrogens is 4. The first kappa shape index (κ1) is 11.8. The molecule has 9 nitrogen and oxygen atoms in total. The van der Waals surface area contributed by atoms with Gasteiger partial charge in [0.2, 0.25) is 7.38 Å². The van der Waals surface area contributed by atoms with Crippen LogP contribution in [0.3, 0.4) is 0 Å². The first-order valence-electron chi connectivity index (χ1n) is 6.61. The van der Waals surface area contributed by atoms with Crippen molar-refractivity contribution in [2.75, 3.05) is 19.0 Å². The number of aromatic amines is 1. The Morgan fingerprint density at radius 3 is 3.35 bits per heavy atom. The van der Waals surface area contributed by atoms with Crippen LogP contribution in [0.1, 0.15) is 12.6 Å². The fourth-order valence-corrected chi connectivity index (χ4v) is 2.29. The quantitative estimate of drug-likeness (QED) is 0.555. The molecular formula is C11H15N5O4. The van der Waals surface area contributed by atoms with E-state index in [0.717, 1.165) is 0 Å². The number of H-pyrrole nitrogens is 1. The first-order valence-corrected chi connectivity index (χ1v) is 6.20. The van der Waals surface area contributed by atoms with Crippen molar-refractivity contribution in [2.24, 2.45) is 0 Å². The Morgan fingerprint density at radius 1 is 1.75 bits per heavy atom. The van der Waals surface area contributed by atoms with E-state index in [1.807, 2.05) is 0 Å². The molecule has 0 amide bonds. The SMILES string of the molecule is [2H]OC[C@H]1O[C@@H](n2cnc3c(=O)[nH]c(NC)nc32)CC1O. The van der Waals surface area contributed by atoms with Gasteiger partial charge in [-0.25, -0.2) is 4.98 Å². The van der Waals surface area contributed by atoms with Crippen LogP contribution in [-0.4, -0.2) is 57.0 Å². The van der Waals surface area contributed by atoms with E-state index < -0.39 is 18.4 Å². The van der Waals surface area contributed by atoms with Crippen LogP contribution in [0.25, 0.3) is 11.2 Å². The molecule has 0 aromatic carbocycles. The molecule has 2 aromatic heterocycles. The number of ether oxygens (including phenoxy) is 1. The van der Waals surface area contributed by atoms with Crippen molar-refractivity contribution in [2.45, 2.75) is 24.9 Å². The van der Waals surface area contributed by atoms with Gasteiger partial charge in [0.15, 0.2) is 11.2 Å². The van der Waals surface area contributed by atoms with E-state index in [9.17, 15) is 9.90 Å². The zero-order valence-corrected chi connectivity index (χ0v) is 10.7. The Kier molecular flexibility index (Phi) is 2.87. The predicted molar refractivity (Wildman–Crippen MR) is 69.3 cm³/mol. The molecule has 0 radical (unpaired) electrons. The summed E-state index contributed by atoms with van der Waals surface area (Å²) in [6.45, 7) is -0.0277. The van der Waals surface area contributed by atoms with Gasteiger partial charge in [-0.3, -0.25) is 14.3 Å². The molecule has 1 saturated heterocycles. The highest BCUT2D eigenvalue weighted by Gasteiger charge is 2.35. The second-order valence-electron chi connectivity index (χ2n) is 4.59. The van der Waals surface area contributed by atoms with Crippen LogP contribution in [0.2, 0.25) is 0 Å². The average molecular weight is 282 g/mol. The normalized spacial score (nSPS) is 26.9. The fraction of sp³-hybridized carbons (Fsp3) is 0.545. The highest BCUT2D eigenvalue weighted by Crippen LogP contribution is 2.30. The number of rotatable bonds is 4. The van der Waals surface area contributed by atoms with E-state index in [0.29, 0.717) is 18.0 Å². The van der Waals surface area contributed by atoms with E-state index in [-0.39, 0.29) is 17.7 Å². The van der Waals surface area contributed by atoms with Gasteiger partial charge in [-0.1, -0.05) is 0 Å². The van der Waals surface area contributed by atoms with Gasteiger partial charge in [0.1, 0.15) is 12.3 Å². The molecule has 20 heavy (non-hydrogen) atoms. The molecule has 1 fully saturated rings. The molecule has 4 N–H and O–H groups in total. The lowest BCUT2D eigenvalue weighted by atomic mass is 10.2. The molecule has 3 rings (SSSR count). The molecule has 3 heterocycles. The Bertz CT molecular complexity index is 701. The Balaban J connectivity index is 1.98. The number of nitrogens with zero attached hydrogens (tertiary/aromatic N) is 3. The maximum Gasteiger partial charge on any atom is 0.280 e. The van der Waals surface area contributed by atoms with Gasteiger partial charge in [0.25, 0.3) is 5.56 Å². The van der Waals surface area contributed by atoms with Gasteiger partial charge in [-0.05, 0) is 0 Å². The highest BCUT2D eigenvalue weighted by atomic mass is 16.5. The summed E-state index contributed by atoms with van der Waals surface area (Å²) in [5.41, 5.74) is 0.215. The lowest BCUT2D eigenvalue weighted by molar-refractivity contribution is -0.0432. The smallest absolute Gasteiger partial charge is 0.280 e. The maximum atomic E-state index is 11.9. The van der Waals surface area contributed by atoms with Crippen LogP contribution in [0.4, 0.5) is 5.95 Å². The van der Waals surface area contributed by atoms with Crippen LogP contribution in [0.15, 0.2) is 11.1 Å². The van der Waals surface area contributed by atoms with E-state index >= 15 is 0 Å². The number of imidazole rings is 1. The molecule has 0 saturated carbocycles. The summed E-state index contributed by atoms with van der Waals surface area (Å²) in [6.07, 6.45) is -0.0836. The Morgan fingerprint density at radius 2 is 2.60 bits per heavy atom. The number of aliphatic hydroxyl groups is 2. The summed E-state index contributed by atoms with van der Waals surface area (Å²) in [4.78, 5) is 22.7. The summed E-state index contributed by atoms with van der Waals surface area (Å²) in [7, 11) is 1.64. The van der Waals surface area contributed by atoms with Crippen molar-refractivity contribution in [1.29, 1.82) is 1.43 Å². The van der Waals surface area contributed by atoms with E-state index in [2.05, 4.69) is 25.4 Å². The molecule has 3 atom stereocenters. The molecule has 9 heteroatoms. The van der Waals surface area contributed by atoms with Gasteiger partial charge in [-0.2, -0.15) is 4.98 Å². The second kappa shape index (κ2) is 4.85. The van der Waals surface area contributed by atoms with Crippen LogP contribution in [0.5, 0.6) is 0 Å². The number of fused-ring (bicyclic) bond motifs is 1. The molecule has 1 aliphatic rings. The minimum absolute atomic E-state index is 0.0277. The van der Waals surface area contributed by atoms with Crippen molar-refractivity contribution in [1.82, 2.24) is 19.5 Å². The topological polar surface area (TPSA) is 125 Å². The Hall–Kier alpha value is -1.97. The summed E-state index contributed by atoms with van der Waals surface area (Å²) >= 11 is 0. The van der Waals surface area contributed by atoms with Gasteiger partial charge < -0.3 is 20.3 Å². The van der Waals surface area contributed by atoms with Crippen molar-refractivity contribution < 1.29 is 15.0 Å². The van der Waals surface area contributed by atoms with Crippen LogP contribution < -0.4 is 10.9 Å². The second-order valence-corrected chi connectivity index (χ2v) is 4.59. The molecule has 1 unspecified atom stereocenters. The first-order chi connectivity index (χ1) is 10.1. The van der Waals surface area contributed by atoms with Crippen molar-refractivity contribution in [3.05, 3.63) is 16.7 Å². The van der Waals surface area contributed by atoms with Crippen LogP contribution >= 0.6 is 0 Å². The fourth-order valence-electron chi connectivity index (χ4n) is 2.29. The van der Waals surface area contributed by atoms with Crippen molar-refractivity contribution >= 4 is 17.1 Å². The lowest BCUT2D eigenvalue weighted by Gasteiger charge is -2.13. The average Bonchev–Trinajstić information content (AvgIpc) is 3.03. The van der Waals surface area contributed by atoms with Gasteiger partial charge in [0.05, 0.1) is 19.0 Å².